The average Bonchev–Trinajstić information content (AvgIpc) is 2.29. The number of thiocarbonyl (C=S) groups is 1. The predicted molar refractivity (Wildman–Crippen MR) is 75.0 cm³/mol. The maximum Gasteiger partial charge on any atom is 0.234 e. The SMILES string of the molecule is CCCC(C(=O)Nc1ccc(C)cc1F)C(N)=S. The summed E-state index contributed by atoms with van der Waals surface area (Å²) in [5.41, 5.74) is 6.47. The average molecular weight is 268 g/mol. The summed E-state index contributed by atoms with van der Waals surface area (Å²) < 4.78 is 13.6. The van der Waals surface area contributed by atoms with Crippen molar-refractivity contribution < 1.29 is 9.18 Å². The number of benzene rings is 1. The van der Waals surface area contributed by atoms with Gasteiger partial charge in [-0.1, -0.05) is 31.6 Å². The molecule has 3 nitrogen and oxygen atoms in total. The fraction of sp³-hybridized carbons (Fsp3) is 0.385. The van der Waals surface area contributed by atoms with Gasteiger partial charge in [-0.15, -0.1) is 0 Å². The molecule has 1 rings (SSSR count). The van der Waals surface area contributed by atoms with Crippen LogP contribution in [0, 0.1) is 18.7 Å². The van der Waals surface area contributed by atoms with Crippen LogP contribution in [0.4, 0.5) is 10.1 Å². The van der Waals surface area contributed by atoms with E-state index >= 15 is 0 Å². The first-order valence-electron chi connectivity index (χ1n) is 5.82. The summed E-state index contributed by atoms with van der Waals surface area (Å²) in [6.45, 7) is 3.72. The lowest BCUT2D eigenvalue weighted by Gasteiger charge is -2.15. The summed E-state index contributed by atoms with van der Waals surface area (Å²) in [6.07, 6.45) is 1.35. The molecule has 1 amide bonds. The molecule has 0 saturated heterocycles. The van der Waals surface area contributed by atoms with E-state index in [1.807, 2.05) is 6.92 Å². The second kappa shape index (κ2) is 6.44. The Morgan fingerprint density at radius 2 is 2.22 bits per heavy atom. The van der Waals surface area contributed by atoms with Gasteiger partial charge in [-0.25, -0.2) is 4.39 Å². The molecule has 1 atom stereocenters. The molecule has 98 valence electrons. The fourth-order valence-corrected chi connectivity index (χ4v) is 1.86. The van der Waals surface area contributed by atoms with E-state index in [-0.39, 0.29) is 16.6 Å². The molecule has 0 spiro atoms. The molecule has 0 radical (unpaired) electrons. The molecule has 5 heteroatoms. The number of anilines is 1. The Kier molecular flexibility index (Phi) is 5.22. The van der Waals surface area contributed by atoms with Gasteiger partial charge in [0.05, 0.1) is 16.6 Å². The van der Waals surface area contributed by atoms with Crippen molar-refractivity contribution in [1.82, 2.24) is 0 Å². The normalized spacial score (nSPS) is 11.9. The van der Waals surface area contributed by atoms with Crippen molar-refractivity contribution in [3.63, 3.8) is 0 Å². The van der Waals surface area contributed by atoms with Crippen molar-refractivity contribution in [2.45, 2.75) is 26.7 Å². The Morgan fingerprint density at radius 3 is 2.72 bits per heavy atom. The van der Waals surface area contributed by atoms with Crippen LogP contribution in [-0.4, -0.2) is 10.9 Å². The summed E-state index contributed by atoms with van der Waals surface area (Å²) in [5.74, 6) is -1.36. The molecule has 0 aliphatic heterocycles. The molecule has 3 N–H and O–H groups in total. The Hall–Kier alpha value is -1.49. The highest BCUT2D eigenvalue weighted by atomic mass is 32.1. The lowest BCUT2D eigenvalue weighted by Crippen LogP contribution is -2.33. The van der Waals surface area contributed by atoms with E-state index in [0.29, 0.717) is 6.42 Å². The summed E-state index contributed by atoms with van der Waals surface area (Å²) in [5, 5.41) is 2.52. The smallest absolute Gasteiger partial charge is 0.234 e. The van der Waals surface area contributed by atoms with Gasteiger partial charge in [0.15, 0.2) is 0 Å². The minimum atomic E-state index is -0.550. The van der Waals surface area contributed by atoms with E-state index in [2.05, 4.69) is 5.32 Å². The van der Waals surface area contributed by atoms with Gasteiger partial charge in [-0.05, 0) is 31.0 Å². The van der Waals surface area contributed by atoms with Gasteiger partial charge in [-0.2, -0.15) is 0 Å². The number of nitrogens with one attached hydrogen (secondary N) is 1. The van der Waals surface area contributed by atoms with Gasteiger partial charge in [0.2, 0.25) is 5.91 Å². The minimum absolute atomic E-state index is 0.141. The number of hydrogen-bond donors (Lipinski definition) is 2. The van der Waals surface area contributed by atoms with Gasteiger partial charge < -0.3 is 11.1 Å². The van der Waals surface area contributed by atoms with Crippen molar-refractivity contribution in [2.75, 3.05) is 5.32 Å². The van der Waals surface area contributed by atoms with Crippen molar-refractivity contribution in [2.24, 2.45) is 11.7 Å². The first-order valence-corrected chi connectivity index (χ1v) is 6.22. The number of rotatable bonds is 5. The van der Waals surface area contributed by atoms with Crippen LogP contribution >= 0.6 is 12.2 Å². The molecule has 1 aromatic carbocycles. The largest absolute Gasteiger partial charge is 0.393 e. The topological polar surface area (TPSA) is 55.1 Å². The third-order valence-corrected chi connectivity index (χ3v) is 2.90. The zero-order chi connectivity index (χ0) is 13.7. The number of hydrogen-bond acceptors (Lipinski definition) is 2. The van der Waals surface area contributed by atoms with Gasteiger partial charge in [-0.3, -0.25) is 4.79 Å². The van der Waals surface area contributed by atoms with Crippen LogP contribution in [0.5, 0.6) is 0 Å². The molecule has 0 aromatic heterocycles. The van der Waals surface area contributed by atoms with E-state index in [9.17, 15) is 9.18 Å². The highest BCUT2D eigenvalue weighted by Gasteiger charge is 2.21. The summed E-state index contributed by atoms with van der Waals surface area (Å²) >= 11 is 4.85. The number of carbonyl (C=O) groups is 1. The molecule has 0 aliphatic rings. The quantitative estimate of drug-likeness (QED) is 0.807. The number of amides is 1. The Balaban J connectivity index is 2.82. The van der Waals surface area contributed by atoms with Crippen molar-refractivity contribution in [3.05, 3.63) is 29.6 Å². The molecule has 1 aromatic rings. The highest BCUT2D eigenvalue weighted by Crippen LogP contribution is 2.17. The van der Waals surface area contributed by atoms with Crippen molar-refractivity contribution in [1.29, 1.82) is 0 Å². The summed E-state index contributed by atoms with van der Waals surface area (Å²) in [4.78, 5) is 12.1. The van der Waals surface area contributed by atoms with Crippen LogP contribution in [0.2, 0.25) is 0 Å². The zero-order valence-corrected chi connectivity index (χ0v) is 11.3. The van der Waals surface area contributed by atoms with Crippen LogP contribution in [-0.2, 0) is 4.79 Å². The maximum absolute atomic E-state index is 13.6. The van der Waals surface area contributed by atoms with Crippen molar-refractivity contribution >= 4 is 28.8 Å². The standard InChI is InChI=1S/C13H17FN2OS/c1-3-4-9(12(15)18)13(17)16-11-6-5-8(2)7-10(11)14/h5-7,9H,3-4H2,1-2H3,(H2,15,18)(H,16,17). The van der Waals surface area contributed by atoms with Crippen LogP contribution in [0.15, 0.2) is 18.2 Å². The lowest BCUT2D eigenvalue weighted by atomic mass is 10.0. The third kappa shape index (κ3) is 3.77. The maximum atomic E-state index is 13.6. The van der Waals surface area contributed by atoms with E-state index in [4.69, 9.17) is 18.0 Å². The van der Waals surface area contributed by atoms with Gasteiger partial charge in [0.1, 0.15) is 5.82 Å². The van der Waals surface area contributed by atoms with Crippen molar-refractivity contribution in [3.8, 4) is 0 Å². The second-order valence-electron chi connectivity index (χ2n) is 4.22. The van der Waals surface area contributed by atoms with E-state index in [1.165, 1.54) is 12.1 Å². The van der Waals surface area contributed by atoms with Crippen LogP contribution in [0.1, 0.15) is 25.3 Å². The number of aryl methyl sites for hydroxylation is 1. The molecule has 0 saturated carbocycles. The monoisotopic (exact) mass is 268 g/mol. The second-order valence-corrected chi connectivity index (χ2v) is 4.69. The third-order valence-electron chi connectivity index (χ3n) is 2.62. The van der Waals surface area contributed by atoms with Crippen LogP contribution < -0.4 is 11.1 Å². The Bertz CT molecular complexity index is 462. The lowest BCUT2D eigenvalue weighted by molar-refractivity contribution is -0.118. The first kappa shape index (κ1) is 14.6. The zero-order valence-electron chi connectivity index (χ0n) is 10.5. The van der Waals surface area contributed by atoms with Crippen LogP contribution in [0.3, 0.4) is 0 Å². The highest BCUT2D eigenvalue weighted by molar-refractivity contribution is 7.80. The molecule has 0 fully saturated rings. The van der Waals surface area contributed by atoms with Crippen LogP contribution in [0.25, 0.3) is 0 Å². The molecule has 0 heterocycles. The molecule has 18 heavy (non-hydrogen) atoms. The number of nitrogens with two attached hydrogens (primary N) is 1. The van der Waals surface area contributed by atoms with Gasteiger partial charge >= 0.3 is 0 Å². The van der Waals surface area contributed by atoms with E-state index < -0.39 is 11.7 Å². The molecule has 0 aliphatic carbocycles. The first-order chi connectivity index (χ1) is 8.45. The van der Waals surface area contributed by atoms with E-state index in [0.717, 1.165) is 12.0 Å². The molecular weight excluding hydrogens is 251 g/mol. The number of halogens is 1. The molecule has 1 unspecified atom stereocenters. The minimum Gasteiger partial charge on any atom is -0.393 e. The van der Waals surface area contributed by atoms with Gasteiger partial charge in [0, 0.05) is 0 Å². The van der Waals surface area contributed by atoms with E-state index in [1.54, 1.807) is 13.0 Å². The summed E-state index contributed by atoms with van der Waals surface area (Å²) in [6, 6.07) is 4.63. The predicted octanol–water partition coefficient (Wildman–Crippen LogP) is 2.78. The Labute approximate surface area is 112 Å². The molecule has 0 bridgehead atoms. The number of carbonyl (C=O) groups excluding carboxylic acids is 1. The fourth-order valence-electron chi connectivity index (χ4n) is 1.63. The summed E-state index contributed by atoms with van der Waals surface area (Å²) in [7, 11) is 0. The molecular formula is C13H17FN2OS. The van der Waals surface area contributed by atoms with Gasteiger partial charge in [0.25, 0.3) is 0 Å². The Morgan fingerprint density at radius 1 is 1.56 bits per heavy atom.